The van der Waals surface area contributed by atoms with E-state index in [1.807, 2.05) is 36.4 Å². The predicted molar refractivity (Wildman–Crippen MR) is 115 cm³/mol. The summed E-state index contributed by atoms with van der Waals surface area (Å²) in [6, 6.07) is 20.2. The van der Waals surface area contributed by atoms with E-state index in [1.54, 1.807) is 0 Å². The largest absolute Gasteiger partial charge is 0.484 e. The number of anilines is 1. The first-order chi connectivity index (χ1) is 13.7. The van der Waals surface area contributed by atoms with E-state index in [9.17, 15) is 4.79 Å². The summed E-state index contributed by atoms with van der Waals surface area (Å²) >= 11 is 0. The topological polar surface area (TPSA) is 54.1 Å². The summed E-state index contributed by atoms with van der Waals surface area (Å²) in [6.07, 6.45) is 1.75. The second kappa shape index (κ2) is 7.77. The lowest BCUT2D eigenvalue weighted by molar-refractivity contribution is -0.118. The van der Waals surface area contributed by atoms with Crippen molar-refractivity contribution in [3.63, 3.8) is 0 Å². The molecule has 3 aromatic carbocycles. The molecule has 0 saturated carbocycles. The van der Waals surface area contributed by atoms with Crippen LogP contribution in [0.2, 0.25) is 0 Å². The Hall–Kier alpha value is -3.27. The molecule has 0 aliphatic carbocycles. The summed E-state index contributed by atoms with van der Waals surface area (Å²) in [7, 11) is 0. The average molecular weight is 372 g/mol. The lowest BCUT2D eigenvalue weighted by Crippen LogP contribution is -2.21. The van der Waals surface area contributed by atoms with Gasteiger partial charge in [-0.25, -0.2) is 0 Å². The van der Waals surface area contributed by atoms with Crippen LogP contribution in [0.4, 0.5) is 5.69 Å². The SMILES string of the molecule is CCc1cccc(CC)c1NC(=O)COc1ccc2c(c1)[nH]c1ccccc12. The fourth-order valence-corrected chi connectivity index (χ4v) is 3.65. The maximum absolute atomic E-state index is 12.5. The van der Waals surface area contributed by atoms with Gasteiger partial charge in [-0.05, 0) is 42.2 Å². The average Bonchev–Trinajstić information content (AvgIpc) is 3.10. The number of nitrogens with one attached hydrogen (secondary N) is 2. The third-order valence-electron chi connectivity index (χ3n) is 5.11. The van der Waals surface area contributed by atoms with E-state index in [0.29, 0.717) is 5.75 Å². The Balaban J connectivity index is 1.49. The van der Waals surface area contributed by atoms with E-state index in [0.717, 1.165) is 46.1 Å². The van der Waals surface area contributed by atoms with Gasteiger partial charge in [0, 0.05) is 28.0 Å². The molecule has 0 spiro atoms. The van der Waals surface area contributed by atoms with Crippen molar-refractivity contribution in [2.45, 2.75) is 26.7 Å². The number of hydrogen-bond donors (Lipinski definition) is 2. The van der Waals surface area contributed by atoms with E-state index in [2.05, 4.69) is 48.4 Å². The van der Waals surface area contributed by atoms with Gasteiger partial charge in [0.05, 0.1) is 5.52 Å². The number of carbonyl (C=O) groups excluding carboxylic acids is 1. The van der Waals surface area contributed by atoms with Crippen molar-refractivity contribution in [2.24, 2.45) is 0 Å². The Morgan fingerprint density at radius 2 is 1.61 bits per heavy atom. The van der Waals surface area contributed by atoms with E-state index in [-0.39, 0.29) is 12.5 Å². The molecule has 0 atom stereocenters. The fraction of sp³-hybridized carbons (Fsp3) is 0.208. The van der Waals surface area contributed by atoms with Crippen LogP contribution in [0.1, 0.15) is 25.0 Å². The first-order valence-electron chi connectivity index (χ1n) is 9.73. The van der Waals surface area contributed by atoms with Crippen LogP contribution in [0.3, 0.4) is 0 Å². The molecule has 4 aromatic rings. The number of ether oxygens (including phenoxy) is 1. The highest BCUT2D eigenvalue weighted by Gasteiger charge is 2.11. The molecule has 0 fully saturated rings. The molecule has 4 nitrogen and oxygen atoms in total. The summed E-state index contributed by atoms with van der Waals surface area (Å²) in [5.41, 5.74) is 5.31. The Bertz CT molecular complexity index is 1120. The van der Waals surface area contributed by atoms with Crippen LogP contribution >= 0.6 is 0 Å². The molecule has 0 radical (unpaired) electrons. The summed E-state index contributed by atoms with van der Waals surface area (Å²) < 4.78 is 5.76. The molecular formula is C24H24N2O2. The molecule has 0 aliphatic rings. The number of hydrogen-bond acceptors (Lipinski definition) is 2. The van der Waals surface area contributed by atoms with Gasteiger partial charge >= 0.3 is 0 Å². The lowest BCUT2D eigenvalue weighted by Gasteiger charge is -2.14. The molecule has 4 heteroatoms. The molecule has 1 aromatic heterocycles. The number of amides is 1. The molecule has 0 bridgehead atoms. The minimum Gasteiger partial charge on any atom is -0.484 e. The van der Waals surface area contributed by atoms with Crippen LogP contribution in [0.5, 0.6) is 5.75 Å². The number of rotatable bonds is 6. The van der Waals surface area contributed by atoms with Crippen LogP contribution in [-0.2, 0) is 17.6 Å². The number of aromatic nitrogens is 1. The molecule has 4 rings (SSSR count). The van der Waals surface area contributed by atoms with Gasteiger partial charge < -0.3 is 15.0 Å². The van der Waals surface area contributed by atoms with Crippen LogP contribution < -0.4 is 10.1 Å². The van der Waals surface area contributed by atoms with Crippen molar-refractivity contribution < 1.29 is 9.53 Å². The Morgan fingerprint density at radius 1 is 0.893 bits per heavy atom. The second-order valence-corrected chi connectivity index (χ2v) is 6.87. The highest BCUT2D eigenvalue weighted by molar-refractivity contribution is 6.07. The zero-order valence-electron chi connectivity index (χ0n) is 16.2. The summed E-state index contributed by atoms with van der Waals surface area (Å²) in [4.78, 5) is 15.9. The Labute approximate surface area is 164 Å². The second-order valence-electron chi connectivity index (χ2n) is 6.87. The Kier molecular flexibility index (Phi) is 5.02. The monoisotopic (exact) mass is 372 g/mol. The van der Waals surface area contributed by atoms with Gasteiger partial charge in [0.1, 0.15) is 5.75 Å². The normalized spacial score (nSPS) is 11.1. The number of H-pyrrole nitrogens is 1. The zero-order chi connectivity index (χ0) is 19.5. The van der Waals surface area contributed by atoms with E-state index in [4.69, 9.17) is 4.74 Å². The number of carbonyl (C=O) groups is 1. The van der Waals surface area contributed by atoms with Crippen molar-refractivity contribution in [3.8, 4) is 5.75 Å². The third kappa shape index (κ3) is 3.46. The molecule has 0 saturated heterocycles. The highest BCUT2D eigenvalue weighted by atomic mass is 16.5. The first-order valence-corrected chi connectivity index (χ1v) is 9.73. The zero-order valence-corrected chi connectivity index (χ0v) is 16.2. The maximum atomic E-state index is 12.5. The van der Waals surface area contributed by atoms with E-state index >= 15 is 0 Å². The summed E-state index contributed by atoms with van der Waals surface area (Å²) in [6.45, 7) is 4.17. The maximum Gasteiger partial charge on any atom is 0.262 e. The van der Waals surface area contributed by atoms with Gasteiger partial charge in [0.2, 0.25) is 0 Å². The highest BCUT2D eigenvalue weighted by Crippen LogP contribution is 2.28. The van der Waals surface area contributed by atoms with Gasteiger partial charge in [0.25, 0.3) is 5.91 Å². The van der Waals surface area contributed by atoms with Crippen LogP contribution in [0, 0.1) is 0 Å². The minimum absolute atomic E-state index is 0.0209. The number of para-hydroxylation sites is 2. The van der Waals surface area contributed by atoms with E-state index in [1.165, 1.54) is 5.39 Å². The molecule has 0 aliphatic heterocycles. The van der Waals surface area contributed by atoms with Crippen molar-refractivity contribution >= 4 is 33.4 Å². The number of aromatic amines is 1. The van der Waals surface area contributed by atoms with Gasteiger partial charge in [0.15, 0.2) is 6.61 Å². The fourth-order valence-electron chi connectivity index (χ4n) is 3.65. The third-order valence-corrected chi connectivity index (χ3v) is 5.11. The van der Waals surface area contributed by atoms with Crippen LogP contribution in [0.25, 0.3) is 21.8 Å². The van der Waals surface area contributed by atoms with E-state index < -0.39 is 0 Å². The van der Waals surface area contributed by atoms with Crippen LogP contribution in [-0.4, -0.2) is 17.5 Å². The summed E-state index contributed by atoms with van der Waals surface area (Å²) in [5, 5.41) is 5.37. The molecule has 142 valence electrons. The number of aryl methyl sites for hydroxylation is 2. The van der Waals surface area contributed by atoms with Crippen molar-refractivity contribution in [2.75, 3.05) is 11.9 Å². The smallest absolute Gasteiger partial charge is 0.262 e. The molecule has 28 heavy (non-hydrogen) atoms. The van der Waals surface area contributed by atoms with Crippen molar-refractivity contribution in [3.05, 3.63) is 71.8 Å². The molecular weight excluding hydrogens is 348 g/mol. The van der Waals surface area contributed by atoms with Crippen molar-refractivity contribution in [1.82, 2.24) is 4.98 Å². The standard InChI is InChI=1S/C24H24N2O2/c1-3-16-8-7-9-17(4-2)24(16)26-23(27)15-28-18-12-13-20-19-10-5-6-11-21(19)25-22(20)14-18/h5-14,25H,3-4,15H2,1-2H3,(H,26,27). The summed E-state index contributed by atoms with van der Waals surface area (Å²) in [5.74, 6) is 0.529. The molecule has 2 N–H and O–H groups in total. The van der Waals surface area contributed by atoms with Gasteiger partial charge in [-0.3, -0.25) is 4.79 Å². The van der Waals surface area contributed by atoms with Crippen molar-refractivity contribution in [1.29, 1.82) is 0 Å². The minimum atomic E-state index is -0.146. The predicted octanol–water partition coefficient (Wildman–Crippen LogP) is 5.46. The van der Waals surface area contributed by atoms with Gasteiger partial charge in [-0.1, -0.05) is 50.2 Å². The number of fused-ring (bicyclic) bond motifs is 3. The van der Waals surface area contributed by atoms with Gasteiger partial charge in [-0.15, -0.1) is 0 Å². The first kappa shape index (κ1) is 18.1. The quantitative estimate of drug-likeness (QED) is 0.472. The lowest BCUT2D eigenvalue weighted by atomic mass is 10.0. The molecule has 1 amide bonds. The van der Waals surface area contributed by atoms with Gasteiger partial charge in [-0.2, -0.15) is 0 Å². The molecule has 1 heterocycles. The Morgan fingerprint density at radius 3 is 2.36 bits per heavy atom. The molecule has 0 unspecified atom stereocenters. The van der Waals surface area contributed by atoms with Crippen LogP contribution in [0.15, 0.2) is 60.7 Å². The number of benzene rings is 3.